The third-order valence-electron chi connectivity index (χ3n) is 4.21. The lowest BCUT2D eigenvalue weighted by Gasteiger charge is -2.26. The first kappa shape index (κ1) is 15.0. The average Bonchev–Trinajstić information content (AvgIpc) is 3.31. The molecule has 0 radical (unpaired) electrons. The first-order valence-corrected chi connectivity index (χ1v) is 8.82. The molecule has 0 amide bonds. The van der Waals surface area contributed by atoms with E-state index in [4.69, 9.17) is 4.74 Å². The second-order valence-corrected chi connectivity index (χ2v) is 7.55. The number of aryl methyl sites for hydroxylation is 1. The molecule has 1 heterocycles. The fraction of sp³-hybridized carbons (Fsp3) is 0.625. The van der Waals surface area contributed by atoms with Crippen LogP contribution in [0.4, 0.5) is 5.69 Å². The lowest BCUT2D eigenvalue weighted by atomic mass is 10.2. The maximum atomic E-state index is 12.6. The van der Waals surface area contributed by atoms with Crippen molar-refractivity contribution in [3.63, 3.8) is 0 Å². The number of morpholine rings is 1. The lowest BCUT2D eigenvalue weighted by molar-refractivity contribution is 0.0752. The Balaban J connectivity index is 1.71. The fourth-order valence-electron chi connectivity index (χ4n) is 2.81. The Morgan fingerprint density at radius 2 is 2.05 bits per heavy atom. The van der Waals surface area contributed by atoms with Crippen molar-refractivity contribution in [1.82, 2.24) is 4.31 Å². The number of hydrogen-bond acceptors (Lipinski definition) is 3. The Hall–Kier alpha value is -0.910. The molecule has 1 aromatic rings. The van der Waals surface area contributed by atoms with Crippen LogP contribution in [0, 0.1) is 12.8 Å². The summed E-state index contributed by atoms with van der Waals surface area (Å²) in [5.41, 5.74) is 2.46. The first-order chi connectivity index (χ1) is 10.1. The largest absolute Gasteiger partial charge is 0.379 e. The van der Waals surface area contributed by atoms with E-state index >= 15 is 0 Å². The van der Waals surface area contributed by atoms with E-state index in [-0.39, 0.29) is 0 Å². The molecule has 21 heavy (non-hydrogen) atoms. The Morgan fingerprint density at radius 3 is 2.67 bits per heavy atom. The predicted octanol–water partition coefficient (Wildman–Crippen LogP) is 2.20. The minimum absolute atomic E-state index is 0.674. The summed E-state index contributed by atoms with van der Waals surface area (Å²) in [5, 5.41) is 0. The molecule has 4 nitrogen and oxygen atoms in total. The zero-order valence-electron chi connectivity index (χ0n) is 12.9. The molecule has 5 heteroatoms. The molecule has 3 rings (SSSR count). The van der Waals surface area contributed by atoms with E-state index in [9.17, 15) is 4.21 Å². The van der Waals surface area contributed by atoms with Gasteiger partial charge in [-0.2, -0.15) is 0 Å². The number of benzene rings is 1. The second kappa shape index (κ2) is 6.46. The highest BCUT2D eigenvalue weighted by atomic mass is 32.2. The fourth-order valence-corrected chi connectivity index (χ4v) is 4.05. The van der Waals surface area contributed by atoms with Crippen LogP contribution < -0.4 is 4.90 Å². The number of nitrogens with zero attached hydrogens (tertiary/aromatic N) is 2. The highest BCUT2D eigenvalue weighted by molar-refractivity contribution is 7.82. The van der Waals surface area contributed by atoms with Gasteiger partial charge in [0.25, 0.3) is 0 Å². The monoisotopic (exact) mass is 308 g/mol. The van der Waals surface area contributed by atoms with Crippen LogP contribution in [-0.4, -0.2) is 48.4 Å². The van der Waals surface area contributed by atoms with Gasteiger partial charge in [-0.3, -0.25) is 0 Å². The molecule has 0 aromatic heterocycles. The predicted molar refractivity (Wildman–Crippen MR) is 86.0 cm³/mol. The molecule has 2 aliphatic rings. The van der Waals surface area contributed by atoms with E-state index in [2.05, 4.69) is 31.0 Å². The maximum absolute atomic E-state index is 12.6. The minimum atomic E-state index is -1.07. The number of rotatable bonds is 5. The maximum Gasteiger partial charge on any atom is 0.127 e. The van der Waals surface area contributed by atoms with Crippen molar-refractivity contribution < 1.29 is 8.95 Å². The molecule has 0 spiro atoms. The van der Waals surface area contributed by atoms with Crippen LogP contribution in [-0.2, 0) is 15.7 Å². The summed E-state index contributed by atoms with van der Waals surface area (Å²) in [6.07, 6.45) is 2.73. The number of anilines is 1. The van der Waals surface area contributed by atoms with Crippen LogP contribution >= 0.6 is 0 Å². The van der Waals surface area contributed by atoms with Crippen LogP contribution in [0.1, 0.15) is 18.4 Å². The van der Waals surface area contributed by atoms with Gasteiger partial charge < -0.3 is 9.64 Å². The molecule has 1 unspecified atom stereocenters. The molecule has 1 aliphatic heterocycles. The van der Waals surface area contributed by atoms with Crippen molar-refractivity contribution in [3.05, 3.63) is 23.8 Å². The molecular weight excluding hydrogens is 284 g/mol. The normalized spacial score (nSPS) is 21.2. The third kappa shape index (κ3) is 3.65. The van der Waals surface area contributed by atoms with Crippen molar-refractivity contribution >= 4 is 16.7 Å². The van der Waals surface area contributed by atoms with Gasteiger partial charge in [0.2, 0.25) is 0 Å². The zero-order valence-corrected chi connectivity index (χ0v) is 13.7. The number of ether oxygens (including phenoxy) is 1. The van der Waals surface area contributed by atoms with E-state index in [1.165, 1.54) is 24.1 Å². The molecule has 1 aromatic carbocycles. The third-order valence-corrected chi connectivity index (χ3v) is 5.71. The topological polar surface area (TPSA) is 32.8 Å². The van der Waals surface area contributed by atoms with Gasteiger partial charge in [0.15, 0.2) is 0 Å². The Kier molecular flexibility index (Phi) is 4.62. The molecule has 116 valence electrons. The van der Waals surface area contributed by atoms with Crippen LogP contribution in [0.15, 0.2) is 23.1 Å². The molecule has 1 saturated heterocycles. The number of hydrogen-bond donors (Lipinski definition) is 0. The van der Waals surface area contributed by atoms with Gasteiger partial charge in [0.1, 0.15) is 11.0 Å². The van der Waals surface area contributed by atoms with Crippen molar-refractivity contribution in [1.29, 1.82) is 0 Å². The Bertz CT molecular complexity index is 525. The van der Waals surface area contributed by atoms with E-state index < -0.39 is 11.0 Å². The van der Waals surface area contributed by atoms with Crippen molar-refractivity contribution in [2.24, 2.45) is 5.92 Å². The van der Waals surface area contributed by atoms with Crippen molar-refractivity contribution in [3.8, 4) is 0 Å². The van der Waals surface area contributed by atoms with Gasteiger partial charge in [-0.25, -0.2) is 8.51 Å². The summed E-state index contributed by atoms with van der Waals surface area (Å²) >= 11 is 0. The Morgan fingerprint density at radius 1 is 1.33 bits per heavy atom. The van der Waals surface area contributed by atoms with Gasteiger partial charge in [-0.1, -0.05) is 0 Å². The highest BCUT2D eigenvalue weighted by Crippen LogP contribution is 2.32. The molecule has 2 fully saturated rings. The molecule has 0 N–H and O–H groups in total. The van der Waals surface area contributed by atoms with E-state index in [1.807, 2.05) is 10.4 Å². The zero-order chi connectivity index (χ0) is 14.8. The summed E-state index contributed by atoms with van der Waals surface area (Å²) in [4.78, 5) is 3.23. The molecular formula is C16H24N2O2S. The molecule has 1 atom stereocenters. The molecule has 1 aliphatic carbocycles. The smallest absolute Gasteiger partial charge is 0.127 e. The highest BCUT2D eigenvalue weighted by Gasteiger charge is 2.24. The first-order valence-electron chi connectivity index (χ1n) is 7.71. The summed E-state index contributed by atoms with van der Waals surface area (Å²) in [7, 11) is 1.09. The van der Waals surface area contributed by atoms with Gasteiger partial charge in [0.05, 0.1) is 18.1 Å². The van der Waals surface area contributed by atoms with Gasteiger partial charge in [-0.15, -0.1) is 0 Å². The minimum Gasteiger partial charge on any atom is -0.379 e. The van der Waals surface area contributed by atoms with Crippen molar-refractivity contribution in [2.45, 2.75) is 24.7 Å². The summed E-state index contributed by atoms with van der Waals surface area (Å²) in [6.45, 7) is 6.08. The van der Waals surface area contributed by atoms with Crippen LogP contribution in [0.5, 0.6) is 0 Å². The van der Waals surface area contributed by atoms with Crippen LogP contribution in [0.25, 0.3) is 0 Å². The summed E-state index contributed by atoms with van der Waals surface area (Å²) in [5.74, 6) is 0.872. The van der Waals surface area contributed by atoms with E-state index in [0.29, 0.717) is 13.2 Å². The van der Waals surface area contributed by atoms with Crippen molar-refractivity contribution in [2.75, 3.05) is 44.8 Å². The summed E-state index contributed by atoms with van der Waals surface area (Å²) < 4.78 is 19.9. The average molecular weight is 308 g/mol. The molecule has 1 saturated carbocycles. The van der Waals surface area contributed by atoms with E-state index in [0.717, 1.165) is 30.4 Å². The van der Waals surface area contributed by atoms with Gasteiger partial charge >= 0.3 is 0 Å². The molecule has 0 bridgehead atoms. The SMILES string of the molecule is Cc1cc(S(=O)N2CCOCC2)ccc1N(C)CC1CC1. The van der Waals surface area contributed by atoms with Gasteiger partial charge in [0, 0.05) is 32.4 Å². The summed E-state index contributed by atoms with van der Waals surface area (Å²) in [6, 6.07) is 6.20. The lowest BCUT2D eigenvalue weighted by Crippen LogP contribution is -2.37. The van der Waals surface area contributed by atoms with Crippen LogP contribution in [0.2, 0.25) is 0 Å². The van der Waals surface area contributed by atoms with E-state index in [1.54, 1.807) is 0 Å². The second-order valence-electron chi connectivity index (χ2n) is 6.06. The quantitative estimate of drug-likeness (QED) is 0.836. The van der Waals surface area contributed by atoms with Gasteiger partial charge in [-0.05, 0) is 49.4 Å². The standard InChI is InChI=1S/C16H24N2O2S/c1-13-11-15(21(19)18-7-9-20-10-8-18)5-6-16(13)17(2)12-14-3-4-14/h5-6,11,14H,3-4,7-10,12H2,1-2H3. The van der Waals surface area contributed by atoms with Crippen LogP contribution in [0.3, 0.4) is 0 Å². The Labute approximate surface area is 129 Å².